The lowest BCUT2D eigenvalue weighted by atomic mass is 10.2. The number of nitrogens with zero attached hydrogens (tertiary/aromatic N) is 1. The Morgan fingerprint density at radius 1 is 1.56 bits per heavy atom. The van der Waals surface area contributed by atoms with Gasteiger partial charge in [-0.05, 0) is 19.4 Å². The van der Waals surface area contributed by atoms with Crippen LogP contribution in [0.3, 0.4) is 0 Å². The van der Waals surface area contributed by atoms with E-state index in [2.05, 4.69) is 5.92 Å². The van der Waals surface area contributed by atoms with Gasteiger partial charge in [0.1, 0.15) is 5.75 Å². The van der Waals surface area contributed by atoms with E-state index < -0.39 is 4.92 Å². The van der Waals surface area contributed by atoms with Gasteiger partial charge >= 0.3 is 0 Å². The van der Waals surface area contributed by atoms with Crippen LogP contribution in [0.5, 0.6) is 5.75 Å². The van der Waals surface area contributed by atoms with Crippen LogP contribution in [0, 0.1) is 29.4 Å². The van der Waals surface area contributed by atoms with E-state index in [0.717, 1.165) is 6.42 Å². The molecule has 0 fully saturated rings. The van der Waals surface area contributed by atoms with Crippen LogP contribution in [-0.4, -0.2) is 11.5 Å². The number of terminal acetylenes is 1. The minimum absolute atomic E-state index is 0.0782. The third kappa shape index (κ3) is 2.99. The monoisotopic (exact) mass is 219 g/mol. The van der Waals surface area contributed by atoms with Crippen LogP contribution in [-0.2, 0) is 0 Å². The summed E-state index contributed by atoms with van der Waals surface area (Å²) >= 11 is 0. The van der Waals surface area contributed by atoms with E-state index in [-0.39, 0.29) is 5.69 Å². The first-order chi connectivity index (χ1) is 7.66. The quantitative estimate of drug-likeness (QED) is 0.331. The van der Waals surface area contributed by atoms with E-state index >= 15 is 0 Å². The highest BCUT2D eigenvalue weighted by Crippen LogP contribution is 2.26. The third-order valence-electron chi connectivity index (χ3n) is 2.18. The molecular weight excluding hydrogens is 206 g/mol. The minimum atomic E-state index is -0.413. The molecule has 0 atom stereocenters. The lowest BCUT2D eigenvalue weighted by Gasteiger charge is -2.07. The predicted molar refractivity (Wildman–Crippen MR) is 61.4 cm³/mol. The van der Waals surface area contributed by atoms with Crippen molar-refractivity contribution >= 4 is 5.69 Å². The topological polar surface area (TPSA) is 52.4 Å². The largest absolute Gasteiger partial charge is 0.493 e. The van der Waals surface area contributed by atoms with E-state index in [1.165, 1.54) is 6.07 Å². The SMILES string of the molecule is C#CCCCOc1cccc([N+](=O)[O-])c1C. The average molecular weight is 219 g/mol. The maximum absolute atomic E-state index is 10.7. The van der Waals surface area contributed by atoms with Crippen molar-refractivity contribution in [1.82, 2.24) is 0 Å². The number of hydrogen-bond donors (Lipinski definition) is 0. The minimum Gasteiger partial charge on any atom is -0.493 e. The average Bonchev–Trinajstić information content (AvgIpc) is 2.26. The van der Waals surface area contributed by atoms with Crippen molar-refractivity contribution < 1.29 is 9.66 Å². The summed E-state index contributed by atoms with van der Waals surface area (Å²) in [4.78, 5) is 10.3. The Kier molecular flexibility index (Phi) is 4.34. The number of nitro benzene ring substituents is 1. The molecule has 1 aromatic carbocycles. The van der Waals surface area contributed by atoms with Crippen LogP contribution in [0.1, 0.15) is 18.4 Å². The summed E-state index contributed by atoms with van der Waals surface area (Å²) in [7, 11) is 0. The maximum atomic E-state index is 10.7. The molecule has 0 saturated heterocycles. The summed E-state index contributed by atoms with van der Waals surface area (Å²) in [6.07, 6.45) is 6.50. The van der Waals surface area contributed by atoms with Gasteiger partial charge in [0.2, 0.25) is 0 Å². The Bertz CT molecular complexity index is 421. The van der Waals surface area contributed by atoms with Crippen LogP contribution in [0.15, 0.2) is 18.2 Å². The van der Waals surface area contributed by atoms with Gasteiger partial charge in [-0.2, -0.15) is 0 Å². The van der Waals surface area contributed by atoms with E-state index in [1.807, 2.05) is 0 Å². The molecule has 0 aliphatic rings. The fourth-order valence-electron chi connectivity index (χ4n) is 1.31. The Morgan fingerprint density at radius 2 is 2.31 bits per heavy atom. The van der Waals surface area contributed by atoms with Crippen molar-refractivity contribution in [2.45, 2.75) is 19.8 Å². The third-order valence-corrected chi connectivity index (χ3v) is 2.18. The molecule has 0 radical (unpaired) electrons. The normalized spacial score (nSPS) is 9.50. The molecule has 0 spiro atoms. The summed E-state index contributed by atoms with van der Waals surface area (Å²) in [6.45, 7) is 2.15. The van der Waals surface area contributed by atoms with Gasteiger partial charge in [0.05, 0.1) is 17.1 Å². The van der Waals surface area contributed by atoms with Crippen LogP contribution in [0.2, 0.25) is 0 Å². The summed E-state index contributed by atoms with van der Waals surface area (Å²) in [6, 6.07) is 4.80. The second kappa shape index (κ2) is 5.76. The first-order valence-corrected chi connectivity index (χ1v) is 4.97. The number of ether oxygens (including phenoxy) is 1. The summed E-state index contributed by atoms with van der Waals surface area (Å²) < 4.78 is 5.43. The van der Waals surface area contributed by atoms with Gasteiger partial charge in [0.15, 0.2) is 0 Å². The zero-order valence-electron chi connectivity index (χ0n) is 9.10. The lowest BCUT2D eigenvalue weighted by Crippen LogP contribution is -2.00. The van der Waals surface area contributed by atoms with Gasteiger partial charge in [0, 0.05) is 12.5 Å². The zero-order valence-corrected chi connectivity index (χ0v) is 9.10. The van der Waals surface area contributed by atoms with Crippen LogP contribution in [0.4, 0.5) is 5.69 Å². The number of rotatable bonds is 5. The van der Waals surface area contributed by atoms with Gasteiger partial charge in [0.25, 0.3) is 5.69 Å². The number of hydrogen-bond acceptors (Lipinski definition) is 3. The first kappa shape index (κ1) is 12.1. The lowest BCUT2D eigenvalue weighted by molar-refractivity contribution is -0.385. The van der Waals surface area contributed by atoms with Gasteiger partial charge in [-0.15, -0.1) is 12.3 Å². The standard InChI is InChI=1S/C12H13NO3/c1-3-4-5-9-16-12-8-6-7-11(10(12)2)13(14)15/h1,6-8H,4-5,9H2,2H3. The number of unbranched alkanes of at least 4 members (excludes halogenated alkanes) is 1. The molecule has 4 heteroatoms. The van der Waals surface area contributed by atoms with Crippen molar-refractivity contribution in [2.75, 3.05) is 6.61 Å². The Hall–Kier alpha value is -2.02. The maximum Gasteiger partial charge on any atom is 0.276 e. The summed E-state index contributed by atoms with van der Waals surface area (Å²) in [5.41, 5.74) is 0.627. The fourth-order valence-corrected chi connectivity index (χ4v) is 1.31. The van der Waals surface area contributed by atoms with Crippen molar-refractivity contribution in [3.05, 3.63) is 33.9 Å². The van der Waals surface area contributed by atoms with Gasteiger partial charge < -0.3 is 4.74 Å². The second-order valence-electron chi connectivity index (χ2n) is 3.31. The molecule has 1 rings (SSSR count). The Morgan fingerprint density at radius 3 is 2.94 bits per heavy atom. The summed E-state index contributed by atoms with van der Waals surface area (Å²) in [5.74, 6) is 3.06. The molecule has 4 nitrogen and oxygen atoms in total. The molecule has 0 aliphatic carbocycles. The second-order valence-corrected chi connectivity index (χ2v) is 3.31. The molecule has 16 heavy (non-hydrogen) atoms. The van der Waals surface area contributed by atoms with Gasteiger partial charge in [-0.1, -0.05) is 6.07 Å². The highest BCUT2D eigenvalue weighted by atomic mass is 16.6. The molecular formula is C12H13NO3. The molecule has 0 bridgehead atoms. The Labute approximate surface area is 94.4 Å². The molecule has 0 amide bonds. The van der Waals surface area contributed by atoms with E-state index in [1.54, 1.807) is 19.1 Å². The number of nitro groups is 1. The highest BCUT2D eigenvalue weighted by Gasteiger charge is 2.13. The molecule has 0 heterocycles. The van der Waals surface area contributed by atoms with Gasteiger partial charge in [-0.25, -0.2) is 0 Å². The predicted octanol–water partition coefficient (Wildman–Crippen LogP) is 2.70. The van der Waals surface area contributed by atoms with Gasteiger partial charge in [-0.3, -0.25) is 10.1 Å². The Balaban J connectivity index is 2.70. The fraction of sp³-hybridized carbons (Fsp3) is 0.333. The van der Waals surface area contributed by atoms with E-state index in [4.69, 9.17) is 11.2 Å². The molecule has 0 aliphatic heterocycles. The van der Waals surface area contributed by atoms with Crippen LogP contribution in [0.25, 0.3) is 0 Å². The van der Waals surface area contributed by atoms with E-state index in [0.29, 0.717) is 24.3 Å². The number of benzene rings is 1. The molecule has 0 unspecified atom stereocenters. The summed E-state index contributed by atoms with van der Waals surface area (Å²) in [5, 5.41) is 10.7. The molecule has 0 aromatic heterocycles. The highest BCUT2D eigenvalue weighted by molar-refractivity contribution is 5.48. The van der Waals surface area contributed by atoms with E-state index in [9.17, 15) is 10.1 Å². The van der Waals surface area contributed by atoms with Crippen molar-refractivity contribution in [1.29, 1.82) is 0 Å². The van der Waals surface area contributed by atoms with Crippen LogP contribution < -0.4 is 4.74 Å². The smallest absolute Gasteiger partial charge is 0.276 e. The van der Waals surface area contributed by atoms with Crippen LogP contribution >= 0.6 is 0 Å². The molecule has 1 aromatic rings. The van der Waals surface area contributed by atoms with Crippen molar-refractivity contribution in [2.24, 2.45) is 0 Å². The first-order valence-electron chi connectivity index (χ1n) is 4.97. The van der Waals surface area contributed by atoms with Crippen molar-refractivity contribution in [3.63, 3.8) is 0 Å². The molecule has 0 saturated carbocycles. The molecule has 84 valence electrons. The van der Waals surface area contributed by atoms with Crippen molar-refractivity contribution in [3.8, 4) is 18.1 Å². The zero-order chi connectivity index (χ0) is 12.0. The molecule has 0 N–H and O–H groups in total.